The van der Waals surface area contributed by atoms with Crippen LogP contribution in [0.5, 0.6) is 0 Å². The molecule has 0 aliphatic carbocycles. The first-order valence-corrected chi connectivity index (χ1v) is 6.44. The van der Waals surface area contributed by atoms with Gasteiger partial charge >= 0.3 is 12.0 Å². The van der Waals surface area contributed by atoms with Gasteiger partial charge < -0.3 is 20.2 Å². The number of rotatable bonds is 6. The Bertz CT molecular complexity index is 480. The van der Waals surface area contributed by atoms with Gasteiger partial charge in [0.05, 0.1) is 0 Å². The number of amides is 2. The lowest BCUT2D eigenvalue weighted by Gasteiger charge is -2.23. The van der Waals surface area contributed by atoms with Crippen molar-refractivity contribution in [3.05, 3.63) is 29.3 Å². The number of aliphatic carboxylic acids is 1. The minimum Gasteiger partial charge on any atom is -0.480 e. The van der Waals surface area contributed by atoms with E-state index in [-0.39, 0.29) is 6.54 Å². The van der Waals surface area contributed by atoms with Crippen molar-refractivity contribution in [3.8, 4) is 0 Å². The number of nitrogens with one attached hydrogen (secondary N) is 1. The van der Waals surface area contributed by atoms with Crippen LogP contribution in [0.1, 0.15) is 0 Å². The molecule has 0 unspecified atom stereocenters. The largest absolute Gasteiger partial charge is 0.480 e. The maximum absolute atomic E-state index is 12.1. The minimum atomic E-state index is -1.05. The highest BCUT2D eigenvalue weighted by Crippen LogP contribution is 2.15. The fraction of sp³-hybridized carbons (Fsp3) is 0.385. The number of likely N-dealkylation sites (N-methyl/N-ethyl adjacent to an activating group) is 1. The average molecular weight is 300 g/mol. The fourth-order valence-electron chi connectivity index (χ4n) is 1.51. The number of anilines is 1. The lowest BCUT2D eigenvalue weighted by Crippen LogP contribution is -2.42. The Balaban J connectivity index is 2.69. The van der Waals surface area contributed by atoms with Crippen molar-refractivity contribution in [2.45, 2.75) is 0 Å². The molecule has 2 amide bonds. The van der Waals surface area contributed by atoms with E-state index in [1.807, 2.05) is 19.0 Å². The van der Waals surface area contributed by atoms with Crippen LogP contribution in [0.15, 0.2) is 24.3 Å². The molecule has 0 aliphatic heterocycles. The van der Waals surface area contributed by atoms with Crippen LogP contribution < -0.4 is 5.32 Å². The standard InChI is InChI=1S/C13H18ClN3O3/c1-16(2)6-7-17(9-12(18)19)13(20)15-11-5-3-4-10(14)8-11/h3-5,8H,6-7,9H2,1-2H3,(H,15,20)(H,18,19). The Morgan fingerprint density at radius 2 is 2.00 bits per heavy atom. The summed E-state index contributed by atoms with van der Waals surface area (Å²) < 4.78 is 0. The molecule has 2 N–H and O–H groups in total. The van der Waals surface area contributed by atoms with E-state index in [1.54, 1.807) is 24.3 Å². The number of carboxylic acid groups (broad SMARTS) is 1. The van der Waals surface area contributed by atoms with Crippen LogP contribution in [0.2, 0.25) is 5.02 Å². The van der Waals surface area contributed by atoms with E-state index in [0.29, 0.717) is 23.8 Å². The first-order chi connectivity index (χ1) is 9.38. The Morgan fingerprint density at radius 3 is 2.55 bits per heavy atom. The lowest BCUT2D eigenvalue weighted by molar-refractivity contribution is -0.137. The van der Waals surface area contributed by atoms with Gasteiger partial charge in [0.15, 0.2) is 0 Å². The van der Waals surface area contributed by atoms with Crippen LogP contribution in [0.4, 0.5) is 10.5 Å². The fourth-order valence-corrected chi connectivity index (χ4v) is 1.70. The molecule has 0 spiro atoms. The summed E-state index contributed by atoms with van der Waals surface area (Å²) >= 11 is 5.83. The van der Waals surface area contributed by atoms with E-state index in [1.165, 1.54) is 4.90 Å². The summed E-state index contributed by atoms with van der Waals surface area (Å²) in [5.41, 5.74) is 0.530. The van der Waals surface area contributed by atoms with Gasteiger partial charge in [0.25, 0.3) is 0 Å². The predicted octanol–water partition coefficient (Wildman–Crippen LogP) is 1.82. The zero-order valence-electron chi connectivity index (χ0n) is 11.5. The van der Waals surface area contributed by atoms with Gasteiger partial charge in [-0.25, -0.2) is 4.79 Å². The summed E-state index contributed by atoms with van der Waals surface area (Å²) in [5, 5.41) is 12.0. The number of carbonyl (C=O) groups is 2. The van der Waals surface area contributed by atoms with Crippen molar-refractivity contribution in [3.63, 3.8) is 0 Å². The quantitative estimate of drug-likeness (QED) is 0.840. The van der Waals surface area contributed by atoms with Crippen molar-refractivity contribution in [2.24, 2.45) is 0 Å². The SMILES string of the molecule is CN(C)CCN(CC(=O)O)C(=O)Nc1cccc(Cl)c1. The van der Waals surface area contributed by atoms with Crippen molar-refractivity contribution in [1.29, 1.82) is 0 Å². The summed E-state index contributed by atoms with van der Waals surface area (Å²) in [6, 6.07) is 6.23. The molecule has 1 rings (SSSR count). The topological polar surface area (TPSA) is 72.9 Å². The van der Waals surface area contributed by atoms with Crippen LogP contribution in [0.3, 0.4) is 0 Å². The number of carboxylic acids is 1. The summed E-state index contributed by atoms with van der Waals surface area (Å²) in [6.07, 6.45) is 0. The van der Waals surface area contributed by atoms with Crippen LogP contribution in [0.25, 0.3) is 0 Å². The minimum absolute atomic E-state index is 0.325. The molecule has 1 aromatic carbocycles. The Morgan fingerprint density at radius 1 is 1.30 bits per heavy atom. The van der Waals surface area contributed by atoms with Crippen LogP contribution >= 0.6 is 11.6 Å². The van der Waals surface area contributed by atoms with E-state index < -0.39 is 12.0 Å². The summed E-state index contributed by atoms with van der Waals surface area (Å²) in [6.45, 7) is 0.558. The van der Waals surface area contributed by atoms with Crippen LogP contribution in [-0.4, -0.2) is 60.6 Å². The molecule has 110 valence electrons. The maximum Gasteiger partial charge on any atom is 0.323 e. The molecule has 0 aromatic heterocycles. The second-order valence-electron chi connectivity index (χ2n) is 4.56. The van der Waals surface area contributed by atoms with Crippen molar-refractivity contribution in [1.82, 2.24) is 9.80 Å². The van der Waals surface area contributed by atoms with E-state index >= 15 is 0 Å². The molecule has 0 bridgehead atoms. The highest BCUT2D eigenvalue weighted by Gasteiger charge is 2.16. The molecule has 0 saturated heterocycles. The molecule has 0 saturated carbocycles. The summed E-state index contributed by atoms with van der Waals surface area (Å²) in [7, 11) is 3.71. The number of halogens is 1. The third-order valence-corrected chi connectivity index (χ3v) is 2.74. The number of urea groups is 1. The first kappa shape index (κ1) is 16.3. The molecule has 1 aromatic rings. The van der Waals surface area contributed by atoms with Crippen LogP contribution in [0, 0.1) is 0 Å². The predicted molar refractivity (Wildman–Crippen MR) is 78.2 cm³/mol. The highest BCUT2D eigenvalue weighted by atomic mass is 35.5. The molecular weight excluding hydrogens is 282 g/mol. The lowest BCUT2D eigenvalue weighted by atomic mass is 10.3. The van der Waals surface area contributed by atoms with Crippen LogP contribution in [-0.2, 0) is 4.79 Å². The number of carbonyl (C=O) groups excluding carboxylic acids is 1. The zero-order valence-corrected chi connectivity index (χ0v) is 12.2. The van der Waals surface area contributed by atoms with Gasteiger partial charge in [-0.3, -0.25) is 4.79 Å². The number of hydrogen-bond donors (Lipinski definition) is 2. The molecule has 20 heavy (non-hydrogen) atoms. The normalized spacial score (nSPS) is 10.4. The number of nitrogens with zero attached hydrogens (tertiary/aromatic N) is 2. The smallest absolute Gasteiger partial charge is 0.323 e. The molecule has 0 atom stereocenters. The van der Waals surface area contributed by atoms with E-state index in [4.69, 9.17) is 16.7 Å². The van der Waals surface area contributed by atoms with Gasteiger partial charge in [0.2, 0.25) is 0 Å². The van der Waals surface area contributed by atoms with Crippen molar-refractivity contribution < 1.29 is 14.7 Å². The third-order valence-electron chi connectivity index (χ3n) is 2.51. The zero-order chi connectivity index (χ0) is 15.1. The Hall–Kier alpha value is -1.79. The molecule has 0 fully saturated rings. The monoisotopic (exact) mass is 299 g/mol. The van der Waals surface area contributed by atoms with Crippen molar-refractivity contribution >= 4 is 29.3 Å². The van der Waals surface area contributed by atoms with Gasteiger partial charge in [-0.05, 0) is 32.3 Å². The summed E-state index contributed by atoms with van der Waals surface area (Å²) in [4.78, 5) is 26.0. The first-order valence-electron chi connectivity index (χ1n) is 6.06. The van der Waals surface area contributed by atoms with E-state index in [2.05, 4.69) is 5.32 Å². The van der Waals surface area contributed by atoms with E-state index in [9.17, 15) is 9.59 Å². The second-order valence-corrected chi connectivity index (χ2v) is 5.00. The molecule has 7 heteroatoms. The van der Waals surface area contributed by atoms with Gasteiger partial charge in [-0.2, -0.15) is 0 Å². The molecular formula is C13H18ClN3O3. The Labute approximate surface area is 122 Å². The van der Waals surface area contributed by atoms with Gasteiger partial charge in [0.1, 0.15) is 6.54 Å². The molecule has 0 heterocycles. The Kier molecular flexibility index (Phi) is 6.27. The van der Waals surface area contributed by atoms with Gasteiger partial charge in [-0.1, -0.05) is 17.7 Å². The number of benzene rings is 1. The van der Waals surface area contributed by atoms with E-state index in [0.717, 1.165) is 0 Å². The van der Waals surface area contributed by atoms with Crippen molar-refractivity contribution in [2.75, 3.05) is 39.0 Å². The average Bonchev–Trinajstić information content (AvgIpc) is 2.33. The van der Waals surface area contributed by atoms with Gasteiger partial charge in [-0.15, -0.1) is 0 Å². The molecule has 6 nitrogen and oxygen atoms in total. The molecule has 0 radical (unpaired) electrons. The summed E-state index contributed by atoms with van der Waals surface area (Å²) in [5.74, 6) is -1.05. The highest BCUT2D eigenvalue weighted by molar-refractivity contribution is 6.30. The second kappa shape index (κ2) is 7.72. The number of hydrogen-bond acceptors (Lipinski definition) is 3. The molecule has 0 aliphatic rings. The third kappa shape index (κ3) is 5.90. The maximum atomic E-state index is 12.1. The van der Waals surface area contributed by atoms with Gasteiger partial charge in [0, 0.05) is 23.8 Å².